The molecule has 1 atom stereocenters. The highest BCUT2D eigenvalue weighted by molar-refractivity contribution is 9.10. The number of aromatic hydroxyl groups is 1. The second-order valence-electron chi connectivity index (χ2n) is 4.70. The molecule has 102 valence electrons. The number of hydrogen-bond acceptors (Lipinski definition) is 5. The zero-order valence-electron chi connectivity index (χ0n) is 10.9. The van der Waals surface area contributed by atoms with Crippen LogP contribution in [0.5, 0.6) is 5.75 Å². The first-order valence-corrected chi connectivity index (χ1v) is 6.31. The van der Waals surface area contributed by atoms with Crippen molar-refractivity contribution in [2.24, 2.45) is 11.1 Å². The van der Waals surface area contributed by atoms with Crippen molar-refractivity contribution >= 4 is 21.9 Å². The van der Waals surface area contributed by atoms with E-state index in [1.54, 1.807) is 13.8 Å². The van der Waals surface area contributed by atoms with E-state index in [-0.39, 0.29) is 5.75 Å². The van der Waals surface area contributed by atoms with Crippen LogP contribution in [-0.4, -0.2) is 18.2 Å². The minimum Gasteiger partial charge on any atom is -0.506 e. The number of nitrogens with two attached hydrogens (primary N) is 1. The second-order valence-corrected chi connectivity index (χ2v) is 5.55. The SMILES string of the molecule is COC(=O)C(C)(C)[C@@H](N)c1cc(C#N)cc(Br)c1O. The molecule has 3 N–H and O–H groups in total. The zero-order valence-corrected chi connectivity index (χ0v) is 12.5. The van der Waals surface area contributed by atoms with Crippen LogP contribution in [0.15, 0.2) is 16.6 Å². The van der Waals surface area contributed by atoms with E-state index in [1.807, 2.05) is 6.07 Å². The topological polar surface area (TPSA) is 96.3 Å². The minimum atomic E-state index is -1.03. The Morgan fingerprint density at radius 2 is 2.16 bits per heavy atom. The number of benzene rings is 1. The highest BCUT2D eigenvalue weighted by Gasteiger charge is 2.38. The predicted molar refractivity (Wildman–Crippen MR) is 73.2 cm³/mol. The number of rotatable bonds is 3. The van der Waals surface area contributed by atoms with Gasteiger partial charge in [0, 0.05) is 11.6 Å². The van der Waals surface area contributed by atoms with Crippen LogP contribution < -0.4 is 5.73 Å². The molecule has 1 aromatic carbocycles. The molecule has 6 heteroatoms. The Labute approximate surface area is 120 Å². The van der Waals surface area contributed by atoms with Crippen molar-refractivity contribution in [3.05, 3.63) is 27.7 Å². The highest BCUT2D eigenvalue weighted by Crippen LogP contribution is 2.40. The van der Waals surface area contributed by atoms with Gasteiger partial charge in [-0.3, -0.25) is 4.79 Å². The van der Waals surface area contributed by atoms with Crippen molar-refractivity contribution in [1.29, 1.82) is 5.26 Å². The molecule has 5 nitrogen and oxygen atoms in total. The largest absolute Gasteiger partial charge is 0.506 e. The van der Waals surface area contributed by atoms with E-state index in [2.05, 4.69) is 15.9 Å². The van der Waals surface area contributed by atoms with Crippen LogP contribution in [0.25, 0.3) is 0 Å². The predicted octanol–water partition coefficient (Wildman–Crippen LogP) is 2.23. The second kappa shape index (κ2) is 5.59. The van der Waals surface area contributed by atoms with E-state index in [9.17, 15) is 9.90 Å². The first kappa shape index (κ1) is 15.5. The standard InChI is InChI=1S/C13H15BrN2O3/c1-13(2,12(18)19-3)11(16)8-4-7(6-15)5-9(14)10(8)17/h4-5,11,17H,16H2,1-3H3/t11-/m0/s1. The summed E-state index contributed by atoms with van der Waals surface area (Å²) in [6.45, 7) is 3.24. The van der Waals surface area contributed by atoms with Crippen LogP contribution in [0.3, 0.4) is 0 Å². The quantitative estimate of drug-likeness (QED) is 0.830. The molecule has 0 saturated carbocycles. The lowest BCUT2D eigenvalue weighted by atomic mass is 9.80. The number of nitrogens with zero attached hydrogens (tertiary/aromatic N) is 1. The fourth-order valence-electron chi connectivity index (χ4n) is 1.70. The molecule has 0 aromatic heterocycles. The van der Waals surface area contributed by atoms with Gasteiger partial charge in [-0.05, 0) is 41.9 Å². The lowest BCUT2D eigenvalue weighted by molar-refractivity contribution is -0.152. The number of ether oxygens (including phenoxy) is 1. The van der Waals surface area contributed by atoms with Gasteiger partial charge in [0.15, 0.2) is 0 Å². The van der Waals surface area contributed by atoms with Gasteiger partial charge in [-0.1, -0.05) is 0 Å². The molecule has 1 aromatic rings. The van der Waals surface area contributed by atoms with Gasteiger partial charge in [0.05, 0.1) is 28.6 Å². The molecular weight excluding hydrogens is 312 g/mol. The van der Waals surface area contributed by atoms with Gasteiger partial charge < -0.3 is 15.6 Å². The lowest BCUT2D eigenvalue weighted by Crippen LogP contribution is -2.37. The summed E-state index contributed by atoms with van der Waals surface area (Å²) in [6, 6.07) is 4.12. The van der Waals surface area contributed by atoms with E-state index >= 15 is 0 Å². The molecule has 0 heterocycles. The fraction of sp³-hybridized carbons (Fsp3) is 0.385. The lowest BCUT2D eigenvalue weighted by Gasteiger charge is -2.29. The summed E-state index contributed by atoms with van der Waals surface area (Å²) in [5, 5.41) is 18.9. The smallest absolute Gasteiger partial charge is 0.313 e. The van der Waals surface area contributed by atoms with E-state index in [4.69, 9.17) is 15.7 Å². The number of hydrogen-bond donors (Lipinski definition) is 2. The molecule has 0 bridgehead atoms. The average molecular weight is 327 g/mol. The van der Waals surface area contributed by atoms with Gasteiger partial charge in [-0.15, -0.1) is 0 Å². The summed E-state index contributed by atoms with van der Waals surface area (Å²) < 4.78 is 5.07. The van der Waals surface area contributed by atoms with Crippen LogP contribution in [0.4, 0.5) is 0 Å². The maximum Gasteiger partial charge on any atom is 0.313 e. The molecule has 0 saturated heterocycles. The molecule has 0 fully saturated rings. The third-order valence-corrected chi connectivity index (χ3v) is 3.65. The first-order chi connectivity index (χ1) is 8.75. The van der Waals surface area contributed by atoms with Gasteiger partial charge in [0.1, 0.15) is 5.75 Å². The van der Waals surface area contributed by atoms with E-state index in [0.717, 1.165) is 0 Å². The van der Waals surface area contributed by atoms with Gasteiger partial charge in [0.25, 0.3) is 0 Å². The number of carbonyl (C=O) groups excluding carboxylic acids is 1. The van der Waals surface area contributed by atoms with Crippen molar-refractivity contribution < 1.29 is 14.6 Å². The number of esters is 1. The Hall–Kier alpha value is -1.58. The first-order valence-electron chi connectivity index (χ1n) is 5.52. The number of nitriles is 1. The van der Waals surface area contributed by atoms with Crippen LogP contribution in [0.2, 0.25) is 0 Å². The Morgan fingerprint density at radius 1 is 1.58 bits per heavy atom. The minimum absolute atomic E-state index is 0.0801. The maximum absolute atomic E-state index is 11.7. The number of methoxy groups -OCH3 is 1. The average Bonchev–Trinajstić information content (AvgIpc) is 2.39. The monoisotopic (exact) mass is 326 g/mol. The molecule has 0 amide bonds. The van der Waals surface area contributed by atoms with E-state index in [1.165, 1.54) is 19.2 Å². The Balaban J connectivity index is 3.34. The summed E-state index contributed by atoms with van der Waals surface area (Å²) in [5.74, 6) is -0.568. The van der Waals surface area contributed by atoms with Crippen molar-refractivity contribution in [3.8, 4) is 11.8 Å². The Morgan fingerprint density at radius 3 is 2.63 bits per heavy atom. The molecule has 0 aliphatic carbocycles. The van der Waals surface area contributed by atoms with E-state index < -0.39 is 17.4 Å². The molecule has 0 radical (unpaired) electrons. The van der Waals surface area contributed by atoms with Gasteiger partial charge in [-0.2, -0.15) is 5.26 Å². The third-order valence-electron chi connectivity index (χ3n) is 3.05. The zero-order chi connectivity index (χ0) is 14.8. The van der Waals surface area contributed by atoms with Gasteiger partial charge >= 0.3 is 5.97 Å². The summed E-state index contributed by atoms with van der Waals surface area (Å²) in [7, 11) is 1.28. The number of halogens is 1. The van der Waals surface area contributed by atoms with Crippen molar-refractivity contribution in [1.82, 2.24) is 0 Å². The van der Waals surface area contributed by atoms with Gasteiger partial charge in [-0.25, -0.2) is 0 Å². The van der Waals surface area contributed by atoms with Crippen molar-refractivity contribution in [2.75, 3.05) is 7.11 Å². The van der Waals surface area contributed by atoms with Crippen LogP contribution >= 0.6 is 15.9 Å². The molecule has 0 unspecified atom stereocenters. The van der Waals surface area contributed by atoms with Gasteiger partial charge in [0.2, 0.25) is 0 Å². The molecule has 19 heavy (non-hydrogen) atoms. The molecule has 0 aliphatic heterocycles. The van der Waals surface area contributed by atoms with Crippen LogP contribution in [0.1, 0.15) is 31.0 Å². The summed E-state index contributed by atoms with van der Waals surface area (Å²) in [5.41, 5.74) is 5.69. The summed E-state index contributed by atoms with van der Waals surface area (Å²) in [4.78, 5) is 11.7. The van der Waals surface area contributed by atoms with Crippen molar-refractivity contribution in [3.63, 3.8) is 0 Å². The van der Waals surface area contributed by atoms with E-state index in [0.29, 0.717) is 15.6 Å². The van der Waals surface area contributed by atoms with Crippen LogP contribution in [-0.2, 0) is 9.53 Å². The molecular formula is C13H15BrN2O3. The summed E-state index contributed by atoms with van der Waals surface area (Å²) in [6.07, 6.45) is 0. The van der Waals surface area contributed by atoms with Crippen LogP contribution in [0, 0.1) is 16.7 Å². The fourth-order valence-corrected chi connectivity index (χ4v) is 2.18. The molecule has 1 rings (SSSR count). The Kier molecular flexibility index (Phi) is 4.56. The summed E-state index contributed by atoms with van der Waals surface area (Å²) >= 11 is 3.15. The normalized spacial score (nSPS) is 12.6. The third kappa shape index (κ3) is 2.88. The number of phenolic OH excluding ortho intramolecular Hbond substituents is 1. The number of carbonyl (C=O) groups is 1. The highest BCUT2D eigenvalue weighted by atomic mass is 79.9. The Bertz CT molecular complexity index is 550. The molecule has 0 aliphatic rings. The van der Waals surface area contributed by atoms with Crippen molar-refractivity contribution in [2.45, 2.75) is 19.9 Å². The molecule has 0 spiro atoms. The number of phenols is 1. The maximum atomic E-state index is 11.7.